The molecule has 0 fully saturated rings. The van der Waals surface area contributed by atoms with Crippen LogP contribution >= 0.6 is 0 Å². The van der Waals surface area contributed by atoms with E-state index in [-0.39, 0.29) is 6.10 Å². The molecule has 1 aromatic carbocycles. The Morgan fingerprint density at radius 3 is 3.06 bits per heavy atom. The second kappa shape index (κ2) is 3.39. The Hall–Kier alpha value is -2.22. The lowest BCUT2D eigenvalue weighted by Gasteiger charge is -2.21. The van der Waals surface area contributed by atoms with Crippen LogP contribution in [-0.2, 0) is 0 Å². The van der Waals surface area contributed by atoms with E-state index in [9.17, 15) is 0 Å². The fourth-order valence-corrected chi connectivity index (χ4v) is 2.49. The maximum Gasteiger partial charge on any atom is 0.294 e. The molecule has 0 radical (unpaired) electrons. The van der Waals surface area contributed by atoms with E-state index in [0.717, 1.165) is 16.5 Å². The molecule has 18 heavy (non-hydrogen) atoms. The smallest absolute Gasteiger partial charge is 0.294 e. The first kappa shape index (κ1) is 9.77. The summed E-state index contributed by atoms with van der Waals surface area (Å²) in [5, 5.41) is 1.12. The number of aryl methyl sites for hydroxylation is 1. The Labute approximate surface area is 105 Å². The quantitative estimate of drug-likeness (QED) is 0.689. The molecule has 0 amide bonds. The van der Waals surface area contributed by atoms with Gasteiger partial charge in [-0.05, 0) is 36.8 Å². The van der Waals surface area contributed by atoms with Crippen molar-refractivity contribution in [1.82, 2.24) is 0 Å². The van der Waals surface area contributed by atoms with Crippen LogP contribution in [0.15, 0.2) is 52.5 Å². The molecule has 2 nitrogen and oxygen atoms in total. The largest absolute Gasteiger partial charge is 0.452 e. The van der Waals surface area contributed by atoms with Crippen LogP contribution in [0, 0.1) is 6.92 Å². The monoisotopic (exact) mass is 236 g/mol. The van der Waals surface area contributed by atoms with Crippen LogP contribution in [-0.4, -0.2) is 6.10 Å². The third-order valence-electron chi connectivity index (χ3n) is 3.41. The summed E-state index contributed by atoms with van der Waals surface area (Å²) in [6, 6.07) is 6.19. The lowest BCUT2D eigenvalue weighted by Crippen LogP contribution is -2.19. The van der Waals surface area contributed by atoms with Crippen LogP contribution < -0.4 is 4.74 Å². The number of rotatable bonds is 0. The molecular weight excluding hydrogens is 224 g/mol. The summed E-state index contributed by atoms with van der Waals surface area (Å²) in [7, 11) is 0. The van der Waals surface area contributed by atoms with E-state index in [2.05, 4.69) is 31.2 Å². The van der Waals surface area contributed by atoms with Gasteiger partial charge >= 0.3 is 0 Å². The summed E-state index contributed by atoms with van der Waals surface area (Å²) in [4.78, 5) is 0. The van der Waals surface area contributed by atoms with E-state index in [4.69, 9.17) is 9.15 Å². The van der Waals surface area contributed by atoms with Crippen molar-refractivity contribution in [3.05, 3.63) is 59.2 Å². The molecule has 0 saturated carbocycles. The predicted octanol–water partition coefficient (Wildman–Crippen LogP) is 4.01. The Kier molecular flexibility index (Phi) is 1.84. The van der Waals surface area contributed by atoms with Crippen LogP contribution in [0.3, 0.4) is 0 Å². The normalized spacial score (nSPS) is 20.3. The fraction of sp³-hybridized carbons (Fsp3) is 0.125. The molecule has 1 aliphatic heterocycles. The van der Waals surface area contributed by atoms with Crippen molar-refractivity contribution in [2.45, 2.75) is 13.0 Å². The van der Waals surface area contributed by atoms with Gasteiger partial charge in [0, 0.05) is 5.39 Å². The minimum absolute atomic E-state index is 0.0100. The summed E-state index contributed by atoms with van der Waals surface area (Å²) in [5.74, 6) is 0.629. The van der Waals surface area contributed by atoms with Gasteiger partial charge in [0.15, 0.2) is 0 Å². The molecule has 88 valence electrons. The lowest BCUT2D eigenvalue weighted by atomic mass is 9.98. The van der Waals surface area contributed by atoms with Crippen molar-refractivity contribution >= 4 is 17.0 Å². The van der Waals surface area contributed by atoms with Gasteiger partial charge in [0.1, 0.15) is 11.7 Å². The maximum absolute atomic E-state index is 5.89. The summed E-state index contributed by atoms with van der Waals surface area (Å²) in [6.07, 6.45) is 10.3. The molecule has 2 aromatic rings. The van der Waals surface area contributed by atoms with E-state index in [1.54, 1.807) is 0 Å². The van der Waals surface area contributed by atoms with Crippen LogP contribution in [0.4, 0.5) is 0 Å². The molecule has 2 heterocycles. The van der Waals surface area contributed by atoms with Gasteiger partial charge in [0.05, 0.1) is 5.56 Å². The van der Waals surface area contributed by atoms with Crippen LogP contribution in [0.25, 0.3) is 17.0 Å². The zero-order valence-electron chi connectivity index (χ0n) is 10.0. The predicted molar refractivity (Wildman–Crippen MR) is 71.6 cm³/mol. The summed E-state index contributed by atoms with van der Waals surface area (Å²) in [6.45, 7) is 2.09. The number of fused-ring (bicyclic) bond motifs is 4. The van der Waals surface area contributed by atoms with Crippen LogP contribution in [0.1, 0.15) is 11.1 Å². The summed E-state index contributed by atoms with van der Waals surface area (Å²) < 4.78 is 11.7. The first-order valence-corrected chi connectivity index (χ1v) is 6.07. The van der Waals surface area contributed by atoms with Gasteiger partial charge < -0.3 is 9.15 Å². The molecule has 1 aromatic heterocycles. The zero-order valence-corrected chi connectivity index (χ0v) is 10.0. The average Bonchev–Trinajstić information content (AvgIpc) is 2.73. The molecule has 0 bridgehead atoms. The molecule has 2 heteroatoms. The summed E-state index contributed by atoms with van der Waals surface area (Å²) in [5.41, 5.74) is 4.34. The van der Waals surface area contributed by atoms with Crippen molar-refractivity contribution in [3.63, 3.8) is 0 Å². The average molecular weight is 236 g/mol. The lowest BCUT2D eigenvalue weighted by molar-refractivity contribution is 0.221. The number of hydrogen-bond donors (Lipinski definition) is 0. The topological polar surface area (TPSA) is 22.4 Å². The van der Waals surface area contributed by atoms with E-state index >= 15 is 0 Å². The number of allylic oxidation sites excluding steroid dienone is 2. The van der Waals surface area contributed by atoms with Crippen LogP contribution in [0.5, 0.6) is 5.95 Å². The number of benzene rings is 1. The van der Waals surface area contributed by atoms with Crippen molar-refractivity contribution in [2.75, 3.05) is 0 Å². The highest BCUT2D eigenvalue weighted by atomic mass is 16.6. The standard InChI is InChI=1S/C16H12O2/c1-10-6-7-15-12(8-10)13-9-11-4-2-3-5-14(11)17-16(13)18-15/h2-9,14H,1H3. The van der Waals surface area contributed by atoms with Crippen molar-refractivity contribution < 1.29 is 9.15 Å². The molecular formula is C16H12O2. The SMILES string of the molecule is Cc1ccc2oc3c(c2c1)C=C1C=CC=CC1O3. The van der Waals surface area contributed by atoms with E-state index in [1.165, 1.54) is 11.1 Å². The maximum atomic E-state index is 5.89. The highest BCUT2D eigenvalue weighted by Gasteiger charge is 2.25. The van der Waals surface area contributed by atoms with Gasteiger partial charge in [-0.2, -0.15) is 0 Å². The van der Waals surface area contributed by atoms with Crippen molar-refractivity contribution in [3.8, 4) is 5.95 Å². The number of hydrogen-bond acceptors (Lipinski definition) is 2. The zero-order chi connectivity index (χ0) is 12.1. The van der Waals surface area contributed by atoms with E-state index in [0.29, 0.717) is 5.95 Å². The Balaban J connectivity index is 1.99. The molecule has 4 rings (SSSR count). The minimum Gasteiger partial charge on any atom is -0.452 e. The minimum atomic E-state index is -0.0100. The van der Waals surface area contributed by atoms with Crippen molar-refractivity contribution in [1.29, 1.82) is 0 Å². The highest BCUT2D eigenvalue weighted by molar-refractivity contribution is 5.92. The molecule has 0 N–H and O–H groups in total. The van der Waals surface area contributed by atoms with Gasteiger partial charge in [0.25, 0.3) is 5.95 Å². The molecule has 0 spiro atoms. The third-order valence-corrected chi connectivity index (χ3v) is 3.41. The fourth-order valence-electron chi connectivity index (χ4n) is 2.49. The third kappa shape index (κ3) is 1.29. The van der Waals surface area contributed by atoms with Crippen LogP contribution in [0.2, 0.25) is 0 Å². The molecule has 0 saturated heterocycles. The Bertz CT molecular complexity index is 729. The first-order valence-electron chi connectivity index (χ1n) is 6.07. The second-order valence-corrected chi connectivity index (χ2v) is 4.73. The van der Waals surface area contributed by atoms with E-state index < -0.39 is 0 Å². The molecule has 1 aliphatic carbocycles. The Morgan fingerprint density at radius 1 is 1.17 bits per heavy atom. The van der Waals surface area contributed by atoms with E-state index in [1.807, 2.05) is 24.3 Å². The van der Waals surface area contributed by atoms with Gasteiger partial charge in [-0.15, -0.1) is 0 Å². The van der Waals surface area contributed by atoms with Crippen molar-refractivity contribution in [2.24, 2.45) is 0 Å². The molecule has 2 aliphatic rings. The van der Waals surface area contributed by atoms with Gasteiger partial charge in [-0.25, -0.2) is 0 Å². The van der Waals surface area contributed by atoms with Gasteiger partial charge in [0.2, 0.25) is 0 Å². The first-order chi connectivity index (χ1) is 8.81. The van der Waals surface area contributed by atoms with Gasteiger partial charge in [-0.3, -0.25) is 0 Å². The highest BCUT2D eigenvalue weighted by Crippen LogP contribution is 2.39. The molecule has 1 atom stereocenters. The summed E-state index contributed by atoms with van der Waals surface area (Å²) >= 11 is 0. The number of ether oxygens (including phenoxy) is 1. The number of furan rings is 1. The van der Waals surface area contributed by atoms with Gasteiger partial charge in [-0.1, -0.05) is 29.9 Å². The Morgan fingerprint density at radius 2 is 2.11 bits per heavy atom. The molecule has 1 unspecified atom stereocenters. The second-order valence-electron chi connectivity index (χ2n) is 4.73.